The third-order valence-electron chi connectivity index (χ3n) is 2.37. The second-order valence-electron chi connectivity index (χ2n) is 3.71. The predicted octanol–water partition coefficient (Wildman–Crippen LogP) is 1.93. The van der Waals surface area contributed by atoms with Crippen LogP contribution in [0.1, 0.15) is 27.6 Å². The zero-order valence-electron chi connectivity index (χ0n) is 9.75. The summed E-state index contributed by atoms with van der Waals surface area (Å²) >= 11 is 0. The van der Waals surface area contributed by atoms with Gasteiger partial charge in [-0.3, -0.25) is 9.59 Å². The third-order valence-corrected chi connectivity index (χ3v) is 2.37. The highest BCUT2D eigenvalue weighted by atomic mass is 16.1. The summed E-state index contributed by atoms with van der Waals surface area (Å²) in [6.07, 6.45) is 4.23. The molecular weight excluding hydrogens is 230 g/mol. The van der Waals surface area contributed by atoms with Crippen LogP contribution in [0, 0.1) is 0 Å². The van der Waals surface area contributed by atoms with Gasteiger partial charge in [-0.1, -0.05) is 0 Å². The summed E-state index contributed by atoms with van der Waals surface area (Å²) in [7, 11) is 0. The van der Waals surface area contributed by atoms with Gasteiger partial charge in [-0.05, 0) is 31.2 Å². The van der Waals surface area contributed by atoms with E-state index in [-0.39, 0.29) is 11.7 Å². The van der Waals surface area contributed by atoms with Crippen LogP contribution in [0.5, 0.6) is 0 Å². The molecule has 0 aliphatic carbocycles. The number of carbonyl (C=O) groups is 2. The van der Waals surface area contributed by atoms with Crippen molar-refractivity contribution >= 4 is 17.4 Å². The molecule has 0 saturated carbocycles. The summed E-state index contributed by atoms with van der Waals surface area (Å²) in [6, 6.07) is 6.69. The lowest BCUT2D eigenvalue weighted by molar-refractivity contribution is 0.101. The molecule has 0 aliphatic rings. The average Bonchev–Trinajstić information content (AvgIpc) is 2.40. The molecule has 1 amide bonds. The summed E-state index contributed by atoms with van der Waals surface area (Å²) in [4.78, 5) is 30.4. The lowest BCUT2D eigenvalue weighted by atomic mass is 10.1. The summed E-state index contributed by atoms with van der Waals surface area (Å²) in [5.41, 5.74) is 1.61. The highest BCUT2D eigenvalue weighted by molar-refractivity contribution is 6.04. The Bertz CT molecular complexity index is 565. The second kappa shape index (κ2) is 5.18. The molecule has 2 rings (SSSR count). The Balaban J connectivity index is 2.10. The number of rotatable bonds is 3. The number of nitrogens with one attached hydrogen (secondary N) is 1. The Morgan fingerprint density at radius 1 is 1.00 bits per heavy atom. The van der Waals surface area contributed by atoms with Crippen molar-refractivity contribution in [2.24, 2.45) is 0 Å². The van der Waals surface area contributed by atoms with E-state index in [1.165, 1.54) is 25.6 Å². The first-order chi connectivity index (χ1) is 8.66. The van der Waals surface area contributed by atoms with E-state index in [9.17, 15) is 9.59 Å². The SMILES string of the molecule is CC(=O)c1ccc(NC(=O)c2cncnc2)cc1. The number of hydrogen-bond donors (Lipinski definition) is 1. The largest absolute Gasteiger partial charge is 0.322 e. The van der Waals surface area contributed by atoms with Crippen molar-refractivity contribution in [3.05, 3.63) is 54.1 Å². The second-order valence-corrected chi connectivity index (χ2v) is 3.71. The molecule has 0 bridgehead atoms. The number of Topliss-reactive ketones (excluding diaryl/α,β-unsaturated/α-hetero) is 1. The molecule has 2 aromatic rings. The Morgan fingerprint density at radius 2 is 1.61 bits per heavy atom. The van der Waals surface area contributed by atoms with Gasteiger partial charge in [-0.2, -0.15) is 0 Å². The van der Waals surface area contributed by atoms with Crippen LogP contribution < -0.4 is 5.32 Å². The van der Waals surface area contributed by atoms with E-state index >= 15 is 0 Å². The first-order valence-electron chi connectivity index (χ1n) is 5.34. The topological polar surface area (TPSA) is 72.0 Å². The maximum absolute atomic E-state index is 11.8. The van der Waals surface area contributed by atoms with Crippen molar-refractivity contribution in [1.82, 2.24) is 9.97 Å². The molecule has 0 aliphatic heterocycles. The van der Waals surface area contributed by atoms with E-state index in [4.69, 9.17) is 0 Å². The fourth-order valence-corrected chi connectivity index (χ4v) is 1.41. The van der Waals surface area contributed by atoms with Gasteiger partial charge in [-0.15, -0.1) is 0 Å². The molecule has 90 valence electrons. The maximum atomic E-state index is 11.8. The smallest absolute Gasteiger partial charge is 0.258 e. The average molecular weight is 241 g/mol. The summed E-state index contributed by atoms with van der Waals surface area (Å²) in [6.45, 7) is 1.49. The Morgan fingerprint density at radius 3 is 2.17 bits per heavy atom. The van der Waals surface area contributed by atoms with Crippen LogP contribution in [0.2, 0.25) is 0 Å². The van der Waals surface area contributed by atoms with E-state index in [1.807, 2.05) is 0 Å². The molecule has 5 heteroatoms. The van der Waals surface area contributed by atoms with Crippen molar-refractivity contribution in [3.8, 4) is 0 Å². The van der Waals surface area contributed by atoms with E-state index in [0.717, 1.165) is 0 Å². The first-order valence-corrected chi connectivity index (χ1v) is 5.34. The Kier molecular flexibility index (Phi) is 3.43. The lowest BCUT2D eigenvalue weighted by Crippen LogP contribution is -2.12. The third kappa shape index (κ3) is 2.76. The van der Waals surface area contributed by atoms with Crippen LogP contribution in [0.4, 0.5) is 5.69 Å². The van der Waals surface area contributed by atoms with Gasteiger partial charge in [0.25, 0.3) is 5.91 Å². The Labute approximate surface area is 104 Å². The number of ketones is 1. The molecule has 0 radical (unpaired) electrons. The van der Waals surface area contributed by atoms with Gasteiger partial charge in [0.15, 0.2) is 5.78 Å². The van der Waals surface area contributed by atoms with E-state index in [0.29, 0.717) is 16.8 Å². The van der Waals surface area contributed by atoms with Gasteiger partial charge in [0.05, 0.1) is 5.56 Å². The summed E-state index contributed by atoms with van der Waals surface area (Å²) in [5.74, 6) is -0.296. The van der Waals surface area contributed by atoms with Crippen LogP contribution in [-0.2, 0) is 0 Å². The number of benzene rings is 1. The molecule has 5 nitrogen and oxygen atoms in total. The molecule has 1 aromatic heterocycles. The number of carbonyl (C=O) groups excluding carboxylic acids is 2. The van der Waals surface area contributed by atoms with Crippen LogP contribution in [-0.4, -0.2) is 21.7 Å². The van der Waals surface area contributed by atoms with E-state index in [2.05, 4.69) is 15.3 Å². The molecule has 1 heterocycles. The molecule has 0 saturated heterocycles. The quantitative estimate of drug-likeness (QED) is 0.833. The number of aromatic nitrogens is 2. The number of nitrogens with zero attached hydrogens (tertiary/aromatic N) is 2. The minimum Gasteiger partial charge on any atom is -0.322 e. The van der Waals surface area contributed by atoms with Crippen LogP contribution in [0.15, 0.2) is 43.0 Å². The number of amides is 1. The van der Waals surface area contributed by atoms with Gasteiger partial charge >= 0.3 is 0 Å². The molecule has 1 aromatic carbocycles. The molecule has 0 fully saturated rings. The van der Waals surface area contributed by atoms with Gasteiger partial charge in [0.1, 0.15) is 6.33 Å². The first kappa shape index (κ1) is 11.9. The van der Waals surface area contributed by atoms with E-state index < -0.39 is 0 Å². The molecule has 18 heavy (non-hydrogen) atoms. The molecule has 0 atom stereocenters. The highest BCUT2D eigenvalue weighted by Gasteiger charge is 2.06. The normalized spacial score (nSPS) is 9.83. The monoisotopic (exact) mass is 241 g/mol. The van der Waals surface area contributed by atoms with Crippen LogP contribution in [0.3, 0.4) is 0 Å². The number of anilines is 1. The zero-order valence-corrected chi connectivity index (χ0v) is 9.75. The van der Waals surface area contributed by atoms with Gasteiger partial charge < -0.3 is 5.32 Å². The predicted molar refractivity (Wildman–Crippen MR) is 66.4 cm³/mol. The Hall–Kier alpha value is -2.56. The minimum absolute atomic E-state index is 0.00987. The highest BCUT2D eigenvalue weighted by Crippen LogP contribution is 2.11. The van der Waals surface area contributed by atoms with Crippen molar-refractivity contribution in [2.75, 3.05) is 5.32 Å². The van der Waals surface area contributed by atoms with Crippen molar-refractivity contribution in [3.63, 3.8) is 0 Å². The van der Waals surface area contributed by atoms with E-state index in [1.54, 1.807) is 24.3 Å². The van der Waals surface area contributed by atoms with Crippen LogP contribution in [0.25, 0.3) is 0 Å². The standard InChI is InChI=1S/C13H11N3O2/c1-9(17)10-2-4-12(5-3-10)16-13(18)11-6-14-8-15-7-11/h2-8H,1H3,(H,16,18). The van der Waals surface area contributed by atoms with Gasteiger partial charge in [0.2, 0.25) is 0 Å². The maximum Gasteiger partial charge on any atom is 0.258 e. The minimum atomic E-state index is -0.286. The van der Waals surface area contributed by atoms with Gasteiger partial charge in [-0.25, -0.2) is 9.97 Å². The molecule has 0 unspecified atom stereocenters. The molecule has 0 spiro atoms. The number of hydrogen-bond acceptors (Lipinski definition) is 4. The van der Waals surface area contributed by atoms with Crippen LogP contribution >= 0.6 is 0 Å². The fraction of sp³-hybridized carbons (Fsp3) is 0.0769. The van der Waals surface area contributed by atoms with Crippen molar-refractivity contribution in [2.45, 2.75) is 6.92 Å². The lowest BCUT2D eigenvalue weighted by Gasteiger charge is -2.04. The zero-order chi connectivity index (χ0) is 13.0. The summed E-state index contributed by atoms with van der Waals surface area (Å²) in [5, 5.41) is 2.69. The molecule has 1 N–H and O–H groups in total. The summed E-state index contributed by atoms with van der Waals surface area (Å²) < 4.78 is 0. The van der Waals surface area contributed by atoms with Crippen molar-refractivity contribution < 1.29 is 9.59 Å². The fourth-order valence-electron chi connectivity index (χ4n) is 1.41. The molecular formula is C13H11N3O2. The van der Waals surface area contributed by atoms with Crippen molar-refractivity contribution in [1.29, 1.82) is 0 Å². The van der Waals surface area contributed by atoms with Gasteiger partial charge in [0, 0.05) is 23.6 Å².